The number of alkyl halides is 2. The summed E-state index contributed by atoms with van der Waals surface area (Å²) in [5.74, 6) is -1.90. The van der Waals surface area contributed by atoms with E-state index in [1.807, 2.05) is 0 Å². The fourth-order valence-corrected chi connectivity index (χ4v) is 2.51. The van der Waals surface area contributed by atoms with Crippen molar-refractivity contribution in [1.82, 2.24) is 0 Å². The Bertz CT molecular complexity index is 1070. The third-order valence-corrected chi connectivity index (χ3v) is 3.95. The lowest BCUT2D eigenvalue weighted by Crippen LogP contribution is -2.13. The average molecular weight is 435 g/mol. The van der Waals surface area contributed by atoms with Crippen LogP contribution >= 0.6 is 0 Å². The van der Waals surface area contributed by atoms with Gasteiger partial charge in [-0.15, -0.1) is 0 Å². The van der Waals surface area contributed by atoms with E-state index in [0.29, 0.717) is 17.1 Å². The van der Waals surface area contributed by atoms with Gasteiger partial charge in [-0.2, -0.15) is 8.78 Å². The van der Waals surface area contributed by atoms with Crippen LogP contribution < -0.4 is 14.8 Å². The number of hydrogen-bond acceptors (Lipinski definition) is 6. The van der Waals surface area contributed by atoms with Crippen LogP contribution in [0, 0.1) is 5.82 Å². The van der Waals surface area contributed by atoms with Gasteiger partial charge >= 0.3 is 12.6 Å². The third-order valence-electron chi connectivity index (χ3n) is 3.95. The SMILES string of the molecule is COC(=O)c1ccc(OCc2ccc(C(=O)Nc3ccc(F)cc3OC(F)F)o2)cc1. The third kappa shape index (κ3) is 5.78. The molecule has 31 heavy (non-hydrogen) atoms. The minimum absolute atomic E-state index is 0.0128. The normalized spacial score (nSPS) is 10.6. The van der Waals surface area contributed by atoms with Gasteiger partial charge in [0.25, 0.3) is 5.91 Å². The number of amides is 1. The lowest BCUT2D eigenvalue weighted by atomic mass is 10.2. The second kappa shape index (κ2) is 9.70. The first-order valence-corrected chi connectivity index (χ1v) is 8.81. The Labute approximate surface area is 174 Å². The summed E-state index contributed by atoms with van der Waals surface area (Å²) >= 11 is 0. The highest BCUT2D eigenvalue weighted by Crippen LogP contribution is 2.28. The Morgan fingerprint density at radius 1 is 1.06 bits per heavy atom. The first kappa shape index (κ1) is 21.8. The number of esters is 1. The fraction of sp³-hybridized carbons (Fsp3) is 0.143. The number of hydrogen-bond donors (Lipinski definition) is 1. The molecule has 0 atom stereocenters. The van der Waals surface area contributed by atoms with Crippen LogP contribution in [0.15, 0.2) is 59.0 Å². The van der Waals surface area contributed by atoms with E-state index >= 15 is 0 Å². The average Bonchev–Trinajstić information content (AvgIpc) is 3.23. The van der Waals surface area contributed by atoms with E-state index in [9.17, 15) is 22.8 Å². The van der Waals surface area contributed by atoms with Crippen molar-refractivity contribution in [2.75, 3.05) is 12.4 Å². The molecule has 2 aromatic carbocycles. The summed E-state index contributed by atoms with van der Waals surface area (Å²) in [7, 11) is 1.28. The van der Waals surface area contributed by atoms with Crippen LogP contribution in [-0.2, 0) is 11.3 Å². The summed E-state index contributed by atoms with van der Waals surface area (Å²) in [4.78, 5) is 23.7. The first-order valence-electron chi connectivity index (χ1n) is 8.81. The highest BCUT2D eigenvalue weighted by Gasteiger charge is 2.17. The standard InChI is InChI=1S/C21H16F3NO6/c1-28-20(27)12-2-5-14(6-3-12)29-11-15-7-9-17(30-15)19(26)25-16-8-4-13(22)10-18(16)31-21(23)24/h2-10,21H,11H2,1H3,(H,25,26). The number of carbonyl (C=O) groups is 2. The number of rotatable bonds is 8. The zero-order valence-electron chi connectivity index (χ0n) is 16.1. The molecular weight excluding hydrogens is 419 g/mol. The van der Waals surface area contributed by atoms with Gasteiger partial charge in [0.05, 0.1) is 18.4 Å². The van der Waals surface area contributed by atoms with Crippen LogP contribution in [0.3, 0.4) is 0 Å². The quantitative estimate of drug-likeness (QED) is 0.519. The van der Waals surface area contributed by atoms with Crippen LogP contribution in [0.2, 0.25) is 0 Å². The molecule has 3 rings (SSSR count). The predicted octanol–water partition coefficient (Wildman–Crippen LogP) is 4.64. The molecule has 0 spiro atoms. The Balaban J connectivity index is 1.62. The molecule has 1 heterocycles. The summed E-state index contributed by atoms with van der Waals surface area (Å²) in [6.07, 6.45) is 0. The molecular formula is C21H16F3NO6. The highest BCUT2D eigenvalue weighted by molar-refractivity contribution is 6.03. The number of halogens is 3. The maximum Gasteiger partial charge on any atom is 0.387 e. The molecule has 0 fully saturated rings. The minimum Gasteiger partial charge on any atom is -0.486 e. The van der Waals surface area contributed by atoms with E-state index in [0.717, 1.165) is 18.2 Å². The molecule has 0 saturated heterocycles. The number of anilines is 1. The maximum absolute atomic E-state index is 13.3. The molecule has 0 aliphatic heterocycles. The predicted molar refractivity (Wildman–Crippen MR) is 102 cm³/mol. The smallest absolute Gasteiger partial charge is 0.387 e. The Kier molecular flexibility index (Phi) is 6.81. The van der Waals surface area contributed by atoms with Gasteiger partial charge < -0.3 is 23.9 Å². The van der Waals surface area contributed by atoms with Crippen LogP contribution in [0.4, 0.5) is 18.9 Å². The highest BCUT2D eigenvalue weighted by atomic mass is 19.3. The number of furan rings is 1. The topological polar surface area (TPSA) is 87.0 Å². The van der Waals surface area contributed by atoms with Crippen molar-refractivity contribution in [3.63, 3.8) is 0 Å². The zero-order chi connectivity index (χ0) is 22.4. The first-order chi connectivity index (χ1) is 14.9. The molecule has 162 valence electrons. The van der Waals surface area contributed by atoms with Crippen LogP contribution in [0.5, 0.6) is 11.5 Å². The van der Waals surface area contributed by atoms with Crippen molar-refractivity contribution < 1.29 is 41.4 Å². The van der Waals surface area contributed by atoms with Crippen molar-refractivity contribution >= 4 is 17.6 Å². The minimum atomic E-state index is -3.19. The summed E-state index contributed by atoms with van der Waals surface area (Å²) in [5.41, 5.74) is 0.217. The summed E-state index contributed by atoms with van der Waals surface area (Å²) in [5, 5.41) is 2.33. The summed E-state index contributed by atoms with van der Waals surface area (Å²) < 4.78 is 58.0. The number of methoxy groups -OCH3 is 1. The Morgan fingerprint density at radius 3 is 2.48 bits per heavy atom. The molecule has 1 aromatic heterocycles. The van der Waals surface area contributed by atoms with Gasteiger partial charge in [0.1, 0.15) is 23.9 Å². The second-order valence-corrected chi connectivity index (χ2v) is 6.04. The van der Waals surface area contributed by atoms with Crippen LogP contribution in [0.25, 0.3) is 0 Å². The molecule has 0 aliphatic rings. The van der Waals surface area contributed by atoms with E-state index in [2.05, 4.69) is 14.8 Å². The molecule has 0 radical (unpaired) electrons. The molecule has 0 unspecified atom stereocenters. The van der Waals surface area contributed by atoms with E-state index < -0.39 is 30.1 Å². The number of ether oxygens (including phenoxy) is 3. The zero-order valence-corrected chi connectivity index (χ0v) is 16.1. The van der Waals surface area contributed by atoms with Crippen LogP contribution in [0.1, 0.15) is 26.7 Å². The van der Waals surface area contributed by atoms with Gasteiger partial charge in [-0.1, -0.05) is 0 Å². The molecule has 10 heteroatoms. The number of carbonyl (C=O) groups excluding carboxylic acids is 2. The van der Waals surface area contributed by atoms with Crippen molar-refractivity contribution in [1.29, 1.82) is 0 Å². The van der Waals surface area contributed by atoms with Crippen molar-refractivity contribution in [3.8, 4) is 11.5 Å². The van der Waals surface area contributed by atoms with Crippen molar-refractivity contribution in [3.05, 3.63) is 77.5 Å². The van der Waals surface area contributed by atoms with Gasteiger partial charge in [0, 0.05) is 6.07 Å². The largest absolute Gasteiger partial charge is 0.486 e. The van der Waals surface area contributed by atoms with E-state index in [1.54, 1.807) is 12.1 Å². The van der Waals surface area contributed by atoms with E-state index in [-0.39, 0.29) is 18.1 Å². The maximum atomic E-state index is 13.3. The molecule has 1 N–H and O–H groups in total. The lowest BCUT2D eigenvalue weighted by Gasteiger charge is -2.11. The summed E-state index contributed by atoms with van der Waals surface area (Å²) in [6.45, 7) is -3.20. The van der Waals surface area contributed by atoms with Crippen LogP contribution in [-0.4, -0.2) is 25.6 Å². The fourth-order valence-electron chi connectivity index (χ4n) is 2.51. The number of benzene rings is 2. The van der Waals surface area contributed by atoms with E-state index in [1.165, 1.54) is 31.4 Å². The van der Waals surface area contributed by atoms with Gasteiger partial charge in [0.15, 0.2) is 11.5 Å². The lowest BCUT2D eigenvalue weighted by molar-refractivity contribution is -0.0495. The summed E-state index contributed by atoms with van der Waals surface area (Å²) in [6, 6.07) is 11.9. The number of nitrogens with one attached hydrogen (secondary N) is 1. The molecule has 0 saturated carbocycles. The van der Waals surface area contributed by atoms with Gasteiger partial charge in [-0.25, -0.2) is 9.18 Å². The van der Waals surface area contributed by atoms with Gasteiger partial charge in [0.2, 0.25) is 0 Å². The molecule has 7 nitrogen and oxygen atoms in total. The molecule has 0 aliphatic carbocycles. The van der Waals surface area contributed by atoms with Crippen molar-refractivity contribution in [2.45, 2.75) is 13.2 Å². The molecule has 3 aromatic rings. The van der Waals surface area contributed by atoms with Gasteiger partial charge in [-0.3, -0.25) is 4.79 Å². The van der Waals surface area contributed by atoms with Crippen molar-refractivity contribution in [2.24, 2.45) is 0 Å². The van der Waals surface area contributed by atoms with E-state index in [4.69, 9.17) is 9.15 Å². The molecule has 0 bridgehead atoms. The second-order valence-electron chi connectivity index (χ2n) is 6.04. The molecule has 1 amide bonds. The Hall–Kier alpha value is -3.95. The Morgan fingerprint density at radius 2 is 1.81 bits per heavy atom. The van der Waals surface area contributed by atoms with Gasteiger partial charge in [-0.05, 0) is 48.5 Å². The monoisotopic (exact) mass is 435 g/mol.